The van der Waals surface area contributed by atoms with Crippen molar-refractivity contribution in [2.75, 3.05) is 27.3 Å². The van der Waals surface area contributed by atoms with Crippen LogP contribution in [0.15, 0.2) is 18.2 Å². The number of nitrogens with zero attached hydrogens (tertiary/aromatic N) is 1. The van der Waals surface area contributed by atoms with Gasteiger partial charge in [0.2, 0.25) is 0 Å². The lowest BCUT2D eigenvalue weighted by Crippen LogP contribution is -2.32. The third-order valence-electron chi connectivity index (χ3n) is 2.37. The minimum atomic E-state index is -0.667. The molecule has 96 valence electrons. The first-order valence-corrected chi connectivity index (χ1v) is 5.33. The van der Waals surface area contributed by atoms with Crippen LogP contribution in [0.25, 0.3) is 0 Å². The van der Waals surface area contributed by atoms with Crippen molar-refractivity contribution < 1.29 is 18.6 Å². The molecular formula is C12H17F2NO2. The molecule has 1 N–H and O–H groups in total. The van der Waals surface area contributed by atoms with Crippen LogP contribution < -0.4 is 0 Å². The van der Waals surface area contributed by atoms with Gasteiger partial charge in [0.15, 0.2) is 0 Å². The van der Waals surface area contributed by atoms with Crippen molar-refractivity contribution in [3.05, 3.63) is 35.4 Å². The van der Waals surface area contributed by atoms with Crippen molar-refractivity contribution in [3.63, 3.8) is 0 Å². The molecule has 0 aliphatic carbocycles. The summed E-state index contributed by atoms with van der Waals surface area (Å²) in [6.07, 6.45) is -0.667. The van der Waals surface area contributed by atoms with Crippen LogP contribution in [0.3, 0.4) is 0 Å². The third-order valence-corrected chi connectivity index (χ3v) is 2.37. The van der Waals surface area contributed by atoms with E-state index in [4.69, 9.17) is 4.74 Å². The highest BCUT2D eigenvalue weighted by Gasteiger charge is 2.13. The maximum Gasteiger partial charge on any atom is 0.130 e. The lowest BCUT2D eigenvalue weighted by Gasteiger charge is -2.20. The largest absolute Gasteiger partial charge is 0.389 e. The van der Waals surface area contributed by atoms with Gasteiger partial charge in [-0.1, -0.05) is 6.07 Å². The average molecular weight is 245 g/mol. The second-order valence-electron chi connectivity index (χ2n) is 4.01. The zero-order valence-electron chi connectivity index (χ0n) is 9.99. The maximum absolute atomic E-state index is 13.3. The van der Waals surface area contributed by atoms with Gasteiger partial charge in [-0.05, 0) is 19.2 Å². The molecule has 0 heterocycles. The summed E-state index contributed by atoms with van der Waals surface area (Å²) in [5.74, 6) is -1.14. The highest BCUT2D eigenvalue weighted by atomic mass is 19.1. The van der Waals surface area contributed by atoms with Gasteiger partial charge in [0.25, 0.3) is 0 Å². The Morgan fingerprint density at radius 1 is 1.35 bits per heavy atom. The van der Waals surface area contributed by atoms with E-state index < -0.39 is 17.7 Å². The molecule has 0 saturated carbocycles. The first-order chi connectivity index (χ1) is 8.04. The van der Waals surface area contributed by atoms with E-state index in [1.807, 2.05) is 0 Å². The molecule has 0 amide bonds. The first-order valence-electron chi connectivity index (χ1n) is 5.33. The molecule has 0 fully saturated rings. The summed E-state index contributed by atoms with van der Waals surface area (Å²) in [5.41, 5.74) is 0.0135. The molecule has 17 heavy (non-hydrogen) atoms. The molecule has 1 atom stereocenters. The van der Waals surface area contributed by atoms with Gasteiger partial charge in [-0.3, -0.25) is 4.90 Å². The topological polar surface area (TPSA) is 32.7 Å². The minimum Gasteiger partial charge on any atom is -0.389 e. The maximum atomic E-state index is 13.3. The number of ether oxygens (including phenoxy) is 1. The smallest absolute Gasteiger partial charge is 0.130 e. The lowest BCUT2D eigenvalue weighted by atomic mass is 10.2. The van der Waals surface area contributed by atoms with E-state index in [1.165, 1.54) is 25.3 Å². The molecule has 0 saturated heterocycles. The van der Waals surface area contributed by atoms with E-state index in [9.17, 15) is 13.9 Å². The van der Waals surface area contributed by atoms with Crippen LogP contribution in [0, 0.1) is 11.6 Å². The molecule has 0 aliphatic rings. The summed E-state index contributed by atoms with van der Waals surface area (Å²) in [4.78, 5) is 1.64. The number of rotatable bonds is 6. The van der Waals surface area contributed by atoms with Crippen molar-refractivity contribution in [1.29, 1.82) is 0 Å². The molecule has 5 heteroatoms. The van der Waals surface area contributed by atoms with E-state index >= 15 is 0 Å². The van der Waals surface area contributed by atoms with Crippen LogP contribution in [0.2, 0.25) is 0 Å². The number of aliphatic hydroxyl groups excluding tert-OH is 1. The van der Waals surface area contributed by atoms with Gasteiger partial charge in [0.05, 0.1) is 12.7 Å². The molecular weight excluding hydrogens is 228 g/mol. The fourth-order valence-electron chi connectivity index (χ4n) is 1.62. The molecule has 3 nitrogen and oxygen atoms in total. The van der Waals surface area contributed by atoms with Crippen LogP contribution in [0.1, 0.15) is 5.56 Å². The van der Waals surface area contributed by atoms with Crippen molar-refractivity contribution in [1.82, 2.24) is 4.90 Å². The predicted octanol–water partition coefficient (Wildman–Crippen LogP) is 1.40. The first kappa shape index (κ1) is 14.0. The number of hydrogen-bond donors (Lipinski definition) is 1. The van der Waals surface area contributed by atoms with Crippen molar-refractivity contribution in [3.8, 4) is 0 Å². The van der Waals surface area contributed by atoms with Gasteiger partial charge in [-0.2, -0.15) is 0 Å². The molecule has 0 radical (unpaired) electrons. The van der Waals surface area contributed by atoms with Crippen LogP contribution in [0.5, 0.6) is 0 Å². The fourth-order valence-corrected chi connectivity index (χ4v) is 1.62. The second kappa shape index (κ2) is 6.64. The average Bonchev–Trinajstić information content (AvgIpc) is 2.24. The lowest BCUT2D eigenvalue weighted by molar-refractivity contribution is 0.0415. The van der Waals surface area contributed by atoms with E-state index in [0.717, 1.165) is 0 Å². The zero-order valence-corrected chi connectivity index (χ0v) is 9.99. The Hall–Kier alpha value is -1.04. The van der Waals surface area contributed by atoms with E-state index in [-0.39, 0.29) is 18.7 Å². The Morgan fingerprint density at radius 3 is 2.47 bits per heavy atom. The molecule has 0 spiro atoms. The molecule has 1 aromatic carbocycles. The zero-order chi connectivity index (χ0) is 12.8. The van der Waals surface area contributed by atoms with Crippen LogP contribution >= 0.6 is 0 Å². The Balaban J connectivity index is 2.59. The minimum absolute atomic E-state index is 0.0135. The van der Waals surface area contributed by atoms with Gasteiger partial charge < -0.3 is 9.84 Å². The van der Waals surface area contributed by atoms with Gasteiger partial charge in [-0.15, -0.1) is 0 Å². The number of likely N-dealkylation sites (N-methyl/N-ethyl adjacent to an activating group) is 1. The summed E-state index contributed by atoms with van der Waals surface area (Å²) in [6.45, 7) is 0.602. The Labute approximate surface area is 99.6 Å². The normalized spacial score (nSPS) is 13.1. The summed E-state index contributed by atoms with van der Waals surface area (Å²) in [6, 6.07) is 3.77. The van der Waals surface area contributed by atoms with E-state index in [1.54, 1.807) is 11.9 Å². The van der Waals surface area contributed by atoms with Gasteiger partial charge in [-0.25, -0.2) is 8.78 Å². The molecule has 0 aromatic heterocycles. The summed E-state index contributed by atoms with van der Waals surface area (Å²) < 4.78 is 31.5. The summed E-state index contributed by atoms with van der Waals surface area (Å²) in [5, 5.41) is 9.48. The number of benzene rings is 1. The van der Waals surface area contributed by atoms with E-state index in [2.05, 4.69) is 0 Å². The van der Waals surface area contributed by atoms with Crippen molar-refractivity contribution in [2.45, 2.75) is 12.6 Å². The molecule has 1 unspecified atom stereocenters. The number of methoxy groups -OCH3 is 1. The highest BCUT2D eigenvalue weighted by molar-refractivity contribution is 5.19. The Morgan fingerprint density at radius 2 is 1.94 bits per heavy atom. The quantitative estimate of drug-likeness (QED) is 0.822. The van der Waals surface area contributed by atoms with Crippen LogP contribution in [-0.2, 0) is 11.3 Å². The van der Waals surface area contributed by atoms with Crippen molar-refractivity contribution >= 4 is 0 Å². The third kappa shape index (κ3) is 4.38. The van der Waals surface area contributed by atoms with Crippen LogP contribution in [0.4, 0.5) is 8.78 Å². The van der Waals surface area contributed by atoms with E-state index in [0.29, 0.717) is 6.54 Å². The van der Waals surface area contributed by atoms with Gasteiger partial charge >= 0.3 is 0 Å². The van der Waals surface area contributed by atoms with Crippen molar-refractivity contribution in [2.24, 2.45) is 0 Å². The SMILES string of the molecule is COCC(O)CN(C)Cc1c(F)cccc1F. The molecule has 0 bridgehead atoms. The summed E-state index contributed by atoms with van der Waals surface area (Å²) >= 11 is 0. The summed E-state index contributed by atoms with van der Waals surface area (Å²) in [7, 11) is 3.17. The monoisotopic (exact) mass is 245 g/mol. The Kier molecular flexibility index (Phi) is 5.47. The molecule has 1 rings (SSSR count). The van der Waals surface area contributed by atoms with Gasteiger partial charge in [0, 0.05) is 25.8 Å². The predicted molar refractivity (Wildman–Crippen MR) is 60.6 cm³/mol. The number of halogens is 2. The Bertz CT molecular complexity index is 340. The standard InChI is InChI=1S/C12H17F2NO2/c1-15(6-9(16)8-17-2)7-10-11(13)4-3-5-12(10)14/h3-5,9,16H,6-8H2,1-2H3. The fraction of sp³-hybridized carbons (Fsp3) is 0.500. The molecule has 0 aliphatic heterocycles. The molecule has 1 aromatic rings. The van der Waals surface area contributed by atoms with Crippen LogP contribution in [-0.4, -0.2) is 43.4 Å². The number of aliphatic hydroxyl groups is 1. The number of hydrogen-bond acceptors (Lipinski definition) is 3. The van der Waals surface area contributed by atoms with Gasteiger partial charge in [0.1, 0.15) is 11.6 Å². The highest BCUT2D eigenvalue weighted by Crippen LogP contribution is 2.13. The second-order valence-corrected chi connectivity index (χ2v) is 4.01.